The van der Waals surface area contributed by atoms with Crippen LogP contribution in [0, 0.1) is 25.7 Å². The second-order valence-corrected chi connectivity index (χ2v) is 13.0. The summed E-state index contributed by atoms with van der Waals surface area (Å²) in [5.74, 6) is -2.86. The van der Waals surface area contributed by atoms with E-state index < -0.39 is 22.7 Å². The van der Waals surface area contributed by atoms with Gasteiger partial charge in [0.05, 0.1) is 28.4 Å². The average Bonchev–Trinajstić information content (AvgIpc) is 3.58. The average molecular weight is 620 g/mol. The molecule has 4 nitrogen and oxygen atoms in total. The summed E-state index contributed by atoms with van der Waals surface area (Å²) >= 11 is 6.40. The van der Waals surface area contributed by atoms with Crippen LogP contribution in [0.3, 0.4) is 0 Å². The molecule has 0 N–H and O–H groups in total. The maximum Gasteiger partial charge on any atom is 0.239 e. The number of imide groups is 1. The fraction of sp³-hybridized carbons (Fsp3) is 0.146. The van der Waals surface area contributed by atoms with Gasteiger partial charge in [-0.25, -0.2) is 4.90 Å². The van der Waals surface area contributed by atoms with E-state index in [9.17, 15) is 0 Å². The number of anilines is 1. The highest BCUT2D eigenvalue weighted by molar-refractivity contribution is 6.39. The Labute approximate surface area is 273 Å². The zero-order valence-electron chi connectivity index (χ0n) is 25.4. The largest absolute Gasteiger partial charge is 0.297 e. The zero-order chi connectivity index (χ0) is 31.8. The van der Waals surface area contributed by atoms with Crippen LogP contribution < -0.4 is 4.90 Å². The number of Topliss-reactive ketones (excluding diaryl/α,β-unsaturated/α-hetero) is 1. The quantitative estimate of drug-likeness (QED) is 0.187. The number of aryl methyl sites for hydroxylation is 2. The molecule has 1 heterocycles. The molecule has 5 heteroatoms. The lowest BCUT2D eigenvalue weighted by molar-refractivity contribution is -0.130. The van der Waals surface area contributed by atoms with E-state index >= 15 is 14.4 Å². The molecular weight excluding hydrogens is 590 g/mol. The van der Waals surface area contributed by atoms with Crippen molar-refractivity contribution in [3.05, 3.63) is 172 Å². The van der Waals surface area contributed by atoms with E-state index in [1.807, 2.05) is 123 Å². The summed E-state index contributed by atoms with van der Waals surface area (Å²) in [6.45, 7) is 4.06. The molecular formula is C41H30ClNO3. The third-order valence-electron chi connectivity index (χ3n) is 10.2. The number of carbonyl (C=O) groups is 3. The van der Waals surface area contributed by atoms with Crippen molar-refractivity contribution in [3.63, 3.8) is 0 Å². The lowest BCUT2D eigenvalue weighted by Crippen LogP contribution is -2.45. The van der Waals surface area contributed by atoms with E-state index in [0.717, 1.165) is 33.4 Å². The fourth-order valence-corrected chi connectivity index (χ4v) is 8.62. The number of carbonyl (C=O) groups excluding carboxylic acids is 3. The van der Waals surface area contributed by atoms with Crippen molar-refractivity contribution in [2.24, 2.45) is 11.8 Å². The van der Waals surface area contributed by atoms with Gasteiger partial charge in [-0.2, -0.15) is 0 Å². The molecule has 2 amide bonds. The normalized spacial score (nSPS) is 25.0. The number of fused-ring (bicyclic) bond motifs is 5. The number of benzene rings is 5. The minimum Gasteiger partial charge on any atom is -0.297 e. The van der Waals surface area contributed by atoms with Gasteiger partial charge in [0.25, 0.3) is 0 Å². The van der Waals surface area contributed by atoms with Crippen molar-refractivity contribution in [1.29, 1.82) is 0 Å². The van der Waals surface area contributed by atoms with Crippen LogP contribution in [0.15, 0.2) is 133 Å². The highest BCUT2D eigenvalue weighted by atomic mass is 35.5. The van der Waals surface area contributed by atoms with Gasteiger partial charge >= 0.3 is 0 Å². The summed E-state index contributed by atoms with van der Waals surface area (Å²) < 4.78 is 0. The van der Waals surface area contributed by atoms with Gasteiger partial charge in [0.2, 0.25) is 11.8 Å². The summed E-state index contributed by atoms with van der Waals surface area (Å²) in [4.78, 5) is 47.2. The topological polar surface area (TPSA) is 54.5 Å². The van der Waals surface area contributed by atoms with Crippen molar-refractivity contribution in [2.45, 2.75) is 24.7 Å². The number of amides is 2. The third-order valence-corrected chi connectivity index (χ3v) is 10.4. The number of rotatable bonds is 5. The standard InChI is InChI=1S/C41H30ClNO3/c1-25-16-20-27(21-17-25)33-34(28-22-18-26(2)19-23-28)41(30-12-7-4-8-13-30)36-35(40(33,39(41)46)29-10-5-3-6-11-29)37(44)43(38(36)45)32-15-9-14-31(42)24-32/h3-24,35-36H,1-2H3/t35-,36-,40+,41+/m0/s1. The predicted molar refractivity (Wildman–Crippen MR) is 181 cm³/mol. The molecule has 2 bridgehead atoms. The van der Waals surface area contributed by atoms with Crippen molar-refractivity contribution in [1.82, 2.24) is 0 Å². The SMILES string of the molecule is Cc1ccc(C2=C(c3ccc(C)cc3)[C@@]3(c4ccccc4)C(=O)[C@@]2(c2ccccc2)[C@@H]2C(=O)N(c4cccc(Cl)c4)C(=O)[C@H]23)cc1. The van der Waals surface area contributed by atoms with E-state index in [2.05, 4.69) is 0 Å². The molecule has 5 aromatic carbocycles. The molecule has 0 radical (unpaired) electrons. The maximum absolute atomic E-state index is 15.9. The van der Waals surface area contributed by atoms with Crippen molar-refractivity contribution in [2.75, 3.05) is 4.90 Å². The molecule has 5 aromatic rings. The van der Waals surface area contributed by atoms with Crippen LogP contribution in [0.1, 0.15) is 33.4 Å². The van der Waals surface area contributed by atoms with E-state index in [1.165, 1.54) is 4.90 Å². The number of halogens is 1. The van der Waals surface area contributed by atoms with Gasteiger partial charge in [-0.1, -0.05) is 138 Å². The number of hydrogen-bond donors (Lipinski definition) is 0. The highest BCUT2D eigenvalue weighted by Gasteiger charge is 2.82. The fourth-order valence-electron chi connectivity index (χ4n) is 8.43. The number of allylic oxidation sites excluding steroid dienone is 2. The van der Waals surface area contributed by atoms with Crippen molar-refractivity contribution >= 4 is 46.0 Å². The summed E-state index contributed by atoms with van der Waals surface area (Å²) in [5.41, 5.74) is 4.40. The van der Waals surface area contributed by atoms with Gasteiger partial charge in [0.1, 0.15) is 0 Å². The first kappa shape index (κ1) is 28.4. The minimum absolute atomic E-state index is 0.133. The van der Waals surface area contributed by atoms with Crippen LogP contribution in [-0.2, 0) is 25.2 Å². The third kappa shape index (κ3) is 3.59. The molecule has 1 saturated heterocycles. The predicted octanol–water partition coefficient (Wildman–Crippen LogP) is 8.15. The van der Waals surface area contributed by atoms with Crippen LogP contribution >= 0.6 is 11.6 Å². The van der Waals surface area contributed by atoms with Gasteiger partial charge in [-0.05, 0) is 65.4 Å². The Morgan fingerprint density at radius 2 is 0.978 bits per heavy atom. The van der Waals surface area contributed by atoms with E-state index in [1.54, 1.807) is 24.3 Å². The molecule has 0 unspecified atom stereocenters. The smallest absolute Gasteiger partial charge is 0.239 e. The molecule has 2 aliphatic carbocycles. The van der Waals surface area contributed by atoms with Crippen LogP contribution in [0.25, 0.3) is 11.1 Å². The first-order valence-electron chi connectivity index (χ1n) is 15.5. The Kier molecular flexibility index (Phi) is 6.32. The van der Waals surface area contributed by atoms with Crippen molar-refractivity contribution in [3.8, 4) is 0 Å². The monoisotopic (exact) mass is 619 g/mol. The minimum atomic E-state index is -1.43. The van der Waals surface area contributed by atoms with E-state index in [-0.39, 0.29) is 17.6 Å². The second-order valence-electron chi connectivity index (χ2n) is 12.6. The van der Waals surface area contributed by atoms with Crippen LogP contribution in [0.2, 0.25) is 5.02 Å². The Balaban J connectivity index is 1.56. The van der Waals surface area contributed by atoms with Gasteiger partial charge in [-0.3, -0.25) is 14.4 Å². The van der Waals surface area contributed by atoms with Crippen molar-refractivity contribution < 1.29 is 14.4 Å². The lowest BCUT2D eigenvalue weighted by atomic mass is 9.59. The Hall–Kier alpha value is -5.06. The summed E-state index contributed by atoms with van der Waals surface area (Å²) in [6, 6.07) is 42.3. The highest BCUT2D eigenvalue weighted by Crippen LogP contribution is 2.74. The molecule has 0 spiro atoms. The lowest BCUT2D eigenvalue weighted by Gasteiger charge is -2.39. The molecule has 3 aliphatic rings. The Morgan fingerprint density at radius 1 is 0.543 bits per heavy atom. The van der Waals surface area contributed by atoms with Crippen LogP contribution in [0.5, 0.6) is 0 Å². The maximum atomic E-state index is 15.9. The van der Waals surface area contributed by atoms with E-state index in [0.29, 0.717) is 21.8 Å². The number of hydrogen-bond acceptors (Lipinski definition) is 3. The Morgan fingerprint density at radius 3 is 1.39 bits per heavy atom. The van der Waals surface area contributed by atoms with Crippen LogP contribution in [-0.4, -0.2) is 17.6 Å². The first-order valence-corrected chi connectivity index (χ1v) is 15.9. The summed E-state index contributed by atoms with van der Waals surface area (Å²) in [6.07, 6.45) is 0. The van der Waals surface area contributed by atoms with Gasteiger partial charge in [-0.15, -0.1) is 0 Å². The van der Waals surface area contributed by atoms with Gasteiger partial charge < -0.3 is 0 Å². The molecule has 0 aromatic heterocycles. The molecule has 1 aliphatic heterocycles. The molecule has 1 saturated carbocycles. The second kappa shape index (κ2) is 10.2. The zero-order valence-corrected chi connectivity index (χ0v) is 26.2. The Bertz CT molecular complexity index is 1960. The molecule has 224 valence electrons. The summed E-state index contributed by atoms with van der Waals surface area (Å²) in [5, 5.41) is 0.420. The van der Waals surface area contributed by atoms with Gasteiger partial charge in [0, 0.05) is 5.02 Å². The van der Waals surface area contributed by atoms with E-state index in [4.69, 9.17) is 11.6 Å². The first-order chi connectivity index (χ1) is 22.3. The number of nitrogens with zero attached hydrogens (tertiary/aromatic N) is 1. The molecule has 8 rings (SSSR count). The summed E-state index contributed by atoms with van der Waals surface area (Å²) in [7, 11) is 0. The molecule has 46 heavy (non-hydrogen) atoms. The molecule has 4 atom stereocenters. The van der Waals surface area contributed by atoms with Gasteiger partial charge in [0.15, 0.2) is 5.78 Å². The van der Waals surface area contributed by atoms with Crippen LogP contribution in [0.4, 0.5) is 5.69 Å². The number of ketones is 1. The molecule has 2 fully saturated rings.